The fourth-order valence-corrected chi connectivity index (χ4v) is 2.73. The number of aliphatic carboxylic acids is 2. The van der Waals surface area contributed by atoms with Gasteiger partial charge < -0.3 is 10.2 Å². The van der Waals surface area contributed by atoms with Gasteiger partial charge in [-0.3, -0.25) is 9.59 Å². The van der Waals surface area contributed by atoms with E-state index in [1.54, 1.807) is 19.1 Å². The summed E-state index contributed by atoms with van der Waals surface area (Å²) in [6.45, 7) is 1.62. The number of hydrogen-bond donors (Lipinski definition) is 2. The number of thiophene rings is 1. The van der Waals surface area contributed by atoms with Gasteiger partial charge in [-0.15, -0.1) is 11.3 Å². The first-order valence-electron chi connectivity index (χ1n) is 4.53. The highest BCUT2D eigenvalue weighted by Gasteiger charge is 2.33. The summed E-state index contributed by atoms with van der Waals surface area (Å²) in [6, 6.07) is 3.32. The van der Waals surface area contributed by atoms with Crippen LogP contribution < -0.4 is 0 Å². The molecular weight excluding hydrogens is 252 g/mol. The molecule has 0 radical (unpaired) electrons. The van der Waals surface area contributed by atoms with E-state index in [-0.39, 0.29) is 12.8 Å². The average Bonchev–Trinajstić information content (AvgIpc) is 2.48. The zero-order valence-corrected chi connectivity index (χ0v) is 10.1. The van der Waals surface area contributed by atoms with Crippen LogP contribution in [-0.4, -0.2) is 22.2 Å². The molecule has 1 rings (SSSR count). The van der Waals surface area contributed by atoms with Crippen molar-refractivity contribution in [2.45, 2.75) is 25.2 Å². The molecule has 0 aliphatic heterocycles. The molecule has 88 valence electrons. The fourth-order valence-electron chi connectivity index (χ4n) is 1.54. The summed E-state index contributed by atoms with van der Waals surface area (Å²) >= 11 is 6.98. The highest BCUT2D eigenvalue weighted by Crippen LogP contribution is 2.37. The number of hydrogen-bond acceptors (Lipinski definition) is 3. The minimum Gasteiger partial charge on any atom is -0.481 e. The minimum atomic E-state index is -1.02. The van der Waals surface area contributed by atoms with Gasteiger partial charge in [0.2, 0.25) is 0 Å². The van der Waals surface area contributed by atoms with Gasteiger partial charge in [-0.2, -0.15) is 0 Å². The second kappa shape index (κ2) is 4.84. The molecule has 1 aromatic heterocycles. The van der Waals surface area contributed by atoms with Crippen molar-refractivity contribution in [2.75, 3.05) is 0 Å². The van der Waals surface area contributed by atoms with Crippen molar-refractivity contribution in [2.24, 2.45) is 0 Å². The van der Waals surface area contributed by atoms with Crippen LogP contribution in [0, 0.1) is 0 Å². The maximum Gasteiger partial charge on any atom is 0.304 e. The molecule has 0 aliphatic rings. The molecule has 0 atom stereocenters. The average molecular weight is 263 g/mol. The lowest BCUT2D eigenvalue weighted by molar-refractivity contribution is -0.141. The van der Waals surface area contributed by atoms with Crippen LogP contribution in [0.15, 0.2) is 12.1 Å². The SMILES string of the molecule is CC(CC(=O)O)(CC(=O)O)c1ccc(Cl)s1. The van der Waals surface area contributed by atoms with Crippen LogP contribution in [0.2, 0.25) is 4.34 Å². The van der Waals surface area contributed by atoms with E-state index < -0.39 is 17.4 Å². The third-order valence-electron chi connectivity index (χ3n) is 2.25. The largest absolute Gasteiger partial charge is 0.481 e. The predicted molar refractivity (Wildman–Crippen MR) is 61.2 cm³/mol. The molecule has 0 fully saturated rings. The Balaban J connectivity index is 3.03. The van der Waals surface area contributed by atoms with E-state index in [0.29, 0.717) is 9.21 Å². The summed E-state index contributed by atoms with van der Waals surface area (Å²) in [7, 11) is 0. The summed E-state index contributed by atoms with van der Waals surface area (Å²) in [6.07, 6.45) is -0.452. The summed E-state index contributed by atoms with van der Waals surface area (Å²) in [5.41, 5.74) is -0.907. The van der Waals surface area contributed by atoms with Crippen molar-refractivity contribution in [3.05, 3.63) is 21.3 Å². The summed E-state index contributed by atoms with van der Waals surface area (Å²) < 4.78 is 0.525. The number of carboxylic acid groups (broad SMARTS) is 2. The van der Waals surface area contributed by atoms with Gasteiger partial charge in [0.05, 0.1) is 17.2 Å². The third-order valence-corrected chi connectivity index (χ3v) is 3.79. The molecule has 0 unspecified atom stereocenters. The maximum atomic E-state index is 10.8. The second-order valence-electron chi connectivity index (χ2n) is 3.81. The Morgan fingerprint density at radius 2 is 1.81 bits per heavy atom. The molecule has 0 amide bonds. The Labute approximate surface area is 101 Å². The molecule has 1 heterocycles. The Morgan fingerprint density at radius 3 is 2.12 bits per heavy atom. The van der Waals surface area contributed by atoms with Crippen molar-refractivity contribution in [1.82, 2.24) is 0 Å². The van der Waals surface area contributed by atoms with Crippen molar-refractivity contribution in [3.63, 3.8) is 0 Å². The zero-order valence-electron chi connectivity index (χ0n) is 8.57. The molecule has 0 spiro atoms. The van der Waals surface area contributed by atoms with Crippen LogP contribution in [0.3, 0.4) is 0 Å². The van der Waals surface area contributed by atoms with E-state index in [1.807, 2.05) is 0 Å². The number of halogens is 1. The maximum absolute atomic E-state index is 10.8. The topological polar surface area (TPSA) is 74.6 Å². The lowest BCUT2D eigenvalue weighted by atomic mass is 9.82. The summed E-state index contributed by atoms with van der Waals surface area (Å²) in [5.74, 6) is -2.04. The van der Waals surface area contributed by atoms with E-state index in [1.165, 1.54) is 11.3 Å². The van der Waals surface area contributed by atoms with Crippen LogP contribution in [0.5, 0.6) is 0 Å². The number of rotatable bonds is 5. The smallest absolute Gasteiger partial charge is 0.304 e. The van der Waals surface area contributed by atoms with Crippen LogP contribution in [0.25, 0.3) is 0 Å². The normalized spacial score (nSPS) is 11.4. The first kappa shape index (κ1) is 13.0. The molecule has 16 heavy (non-hydrogen) atoms. The molecule has 1 aromatic rings. The van der Waals surface area contributed by atoms with Crippen LogP contribution in [0.1, 0.15) is 24.6 Å². The molecule has 0 aromatic carbocycles. The van der Waals surface area contributed by atoms with Gasteiger partial charge in [-0.1, -0.05) is 18.5 Å². The summed E-state index contributed by atoms with van der Waals surface area (Å²) in [5, 5.41) is 17.6. The predicted octanol–water partition coefficient (Wildman–Crippen LogP) is 2.61. The molecule has 0 saturated carbocycles. The van der Waals surface area contributed by atoms with E-state index in [2.05, 4.69) is 0 Å². The standard InChI is InChI=1S/C10H11ClO4S/c1-10(4-8(12)13,5-9(14)15)6-2-3-7(11)16-6/h2-3H,4-5H2,1H3,(H,12,13)(H,14,15). The van der Waals surface area contributed by atoms with E-state index in [9.17, 15) is 9.59 Å². The van der Waals surface area contributed by atoms with Gasteiger partial charge in [0.15, 0.2) is 0 Å². The van der Waals surface area contributed by atoms with Crippen LogP contribution in [0.4, 0.5) is 0 Å². The van der Waals surface area contributed by atoms with Gasteiger partial charge in [0, 0.05) is 10.3 Å². The highest BCUT2D eigenvalue weighted by atomic mass is 35.5. The van der Waals surface area contributed by atoms with E-state index in [0.717, 1.165) is 0 Å². The quantitative estimate of drug-likeness (QED) is 0.855. The van der Waals surface area contributed by atoms with Gasteiger partial charge in [-0.05, 0) is 12.1 Å². The van der Waals surface area contributed by atoms with Crippen molar-refractivity contribution in [3.8, 4) is 0 Å². The van der Waals surface area contributed by atoms with Gasteiger partial charge in [-0.25, -0.2) is 0 Å². The lowest BCUT2D eigenvalue weighted by Gasteiger charge is -2.24. The highest BCUT2D eigenvalue weighted by molar-refractivity contribution is 7.16. The Kier molecular flexibility index (Phi) is 3.93. The van der Waals surface area contributed by atoms with E-state index >= 15 is 0 Å². The minimum absolute atomic E-state index is 0.226. The first-order chi connectivity index (χ1) is 7.33. The Bertz CT molecular complexity index is 397. The first-order valence-corrected chi connectivity index (χ1v) is 5.72. The van der Waals surface area contributed by atoms with Gasteiger partial charge in [0.25, 0.3) is 0 Å². The number of carboxylic acids is 2. The molecule has 0 aliphatic carbocycles. The monoisotopic (exact) mass is 262 g/mol. The molecular formula is C10H11ClO4S. The molecule has 6 heteroatoms. The second-order valence-corrected chi connectivity index (χ2v) is 5.52. The van der Waals surface area contributed by atoms with Crippen LogP contribution >= 0.6 is 22.9 Å². The molecule has 0 saturated heterocycles. The molecule has 0 bridgehead atoms. The third kappa shape index (κ3) is 3.21. The molecule has 4 nitrogen and oxygen atoms in total. The van der Waals surface area contributed by atoms with Crippen molar-refractivity contribution < 1.29 is 19.8 Å². The fraction of sp³-hybridized carbons (Fsp3) is 0.400. The van der Waals surface area contributed by atoms with Gasteiger partial charge in [0.1, 0.15) is 0 Å². The lowest BCUT2D eigenvalue weighted by Crippen LogP contribution is -2.27. The Morgan fingerprint density at radius 1 is 1.31 bits per heavy atom. The zero-order chi connectivity index (χ0) is 12.3. The summed E-state index contributed by atoms with van der Waals surface area (Å²) in [4.78, 5) is 22.2. The Hall–Kier alpha value is -1.07. The van der Waals surface area contributed by atoms with Gasteiger partial charge >= 0.3 is 11.9 Å². The van der Waals surface area contributed by atoms with Crippen LogP contribution in [-0.2, 0) is 15.0 Å². The number of carbonyl (C=O) groups is 2. The molecule has 2 N–H and O–H groups in total. The van der Waals surface area contributed by atoms with Crippen molar-refractivity contribution >= 4 is 34.9 Å². The van der Waals surface area contributed by atoms with Crippen molar-refractivity contribution in [1.29, 1.82) is 0 Å². The van der Waals surface area contributed by atoms with E-state index in [4.69, 9.17) is 21.8 Å².